The Labute approximate surface area is 176 Å². The number of rotatable bonds is 8. The molecule has 3 rings (SSSR count). The van der Waals surface area contributed by atoms with Gasteiger partial charge in [-0.15, -0.1) is 0 Å². The van der Waals surface area contributed by atoms with Crippen LogP contribution in [0.25, 0.3) is 0 Å². The molecular weight excluding hydrogens is 364 g/mol. The molecule has 0 aromatic heterocycles. The molecule has 1 unspecified atom stereocenters. The topological polar surface area (TPSA) is 49.3 Å². The highest BCUT2D eigenvalue weighted by atomic mass is 16.5. The van der Waals surface area contributed by atoms with Gasteiger partial charge in [0.25, 0.3) is 0 Å². The summed E-state index contributed by atoms with van der Waals surface area (Å²) in [5.74, 6) is 1.02. The fraction of sp³-hybridized carbons (Fsp3) is 0.696. The van der Waals surface area contributed by atoms with Crippen molar-refractivity contribution < 1.29 is 9.47 Å². The van der Waals surface area contributed by atoms with Gasteiger partial charge in [0.1, 0.15) is 0 Å². The van der Waals surface area contributed by atoms with Crippen LogP contribution in [0.4, 0.5) is 0 Å². The number of benzene rings is 1. The van der Waals surface area contributed by atoms with E-state index in [4.69, 9.17) is 9.47 Å². The van der Waals surface area contributed by atoms with Crippen LogP contribution in [-0.4, -0.2) is 81.5 Å². The third kappa shape index (κ3) is 6.69. The molecule has 1 aromatic rings. The number of guanidine groups is 1. The Hall–Kier alpha value is -1.63. The molecule has 0 aliphatic carbocycles. The maximum atomic E-state index is 5.96. The zero-order chi connectivity index (χ0) is 20.3. The predicted molar refractivity (Wildman–Crippen MR) is 118 cm³/mol. The van der Waals surface area contributed by atoms with Crippen molar-refractivity contribution in [1.29, 1.82) is 0 Å². The number of hydrogen-bond donors (Lipinski definition) is 1. The molecule has 2 aliphatic rings. The zero-order valence-electron chi connectivity index (χ0n) is 18.2. The van der Waals surface area contributed by atoms with Gasteiger partial charge in [-0.3, -0.25) is 9.89 Å². The van der Waals surface area contributed by atoms with Crippen LogP contribution in [0.1, 0.15) is 44.2 Å². The van der Waals surface area contributed by atoms with Crippen LogP contribution in [-0.2, 0) is 9.47 Å². The van der Waals surface area contributed by atoms with Crippen molar-refractivity contribution >= 4 is 5.96 Å². The molecule has 29 heavy (non-hydrogen) atoms. The van der Waals surface area contributed by atoms with Crippen molar-refractivity contribution in [2.75, 3.05) is 59.6 Å². The number of hydrogen-bond acceptors (Lipinski definition) is 4. The van der Waals surface area contributed by atoms with Crippen molar-refractivity contribution in [2.24, 2.45) is 4.99 Å². The molecule has 0 spiro atoms. The average molecular weight is 403 g/mol. The van der Waals surface area contributed by atoms with E-state index in [-0.39, 0.29) is 0 Å². The average Bonchev–Trinajstić information content (AvgIpc) is 2.79. The molecule has 6 nitrogen and oxygen atoms in total. The summed E-state index contributed by atoms with van der Waals surface area (Å²) in [7, 11) is 1.88. The van der Waals surface area contributed by atoms with Crippen LogP contribution in [0.5, 0.6) is 0 Å². The van der Waals surface area contributed by atoms with Gasteiger partial charge in [-0.05, 0) is 31.2 Å². The van der Waals surface area contributed by atoms with Gasteiger partial charge in [0, 0.05) is 65.6 Å². The van der Waals surface area contributed by atoms with Gasteiger partial charge in [-0.25, -0.2) is 0 Å². The number of aliphatic imine (C=N–C) groups is 1. The minimum absolute atomic E-state index is 0.382. The summed E-state index contributed by atoms with van der Waals surface area (Å²) in [6, 6.07) is 11.4. The molecular formula is C23H38N4O2. The molecule has 2 aliphatic heterocycles. The van der Waals surface area contributed by atoms with E-state index < -0.39 is 0 Å². The van der Waals surface area contributed by atoms with Crippen LogP contribution in [0.2, 0.25) is 0 Å². The maximum Gasteiger partial charge on any atom is 0.193 e. The summed E-state index contributed by atoms with van der Waals surface area (Å²) < 4.78 is 11.3. The Morgan fingerprint density at radius 3 is 2.55 bits per heavy atom. The lowest BCUT2D eigenvalue weighted by molar-refractivity contribution is -0.0320. The van der Waals surface area contributed by atoms with Crippen molar-refractivity contribution in [3.63, 3.8) is 0 Å². The lowest BCUT2D eigenvalue weighted by Crippen LogP contribution is -2.53. The second-order valence-electron chi connectivity index (χ2n) is 7.87. The standard InChI is InChI=1S/C23H38N4O2/c1-3-22(20-8-5-4-6-9-20)26-13-15-27(16-14-26)23(24-2)25-12-7-17-29-21-10-18-28-19-11-21/h4-6,8-9,21-22H,3,7,10-19H2,1-2H3,(H,24,25). The second kappa shape index (κ2) is 12.2. The summed E-state index contributed by atoms with van der Waals surface area (Å²) >= 11 is 0. The van der Waals surface area contributed by atoms with Crippen LogP contribution >= 0.6 is 0 Å². The van der Waals surface area contributed by atoms with Crippen molar-refractivity contribution in [1.82, 2.24) is 15.1 Å². The minimum atomic E-state index is 0.382. The van der Waals surface area contributed by atoms with E-state index in [1.165, 1.54) is 5.56 Å². The Bertz CT molecular complexity index is 596. The van der Waals surface area contributed by atoms with Crippen molar-refractivity contribution in [3.05, 3.63) is 35.9 Å². The van der Waals surface area contributed by atoms with Crippen molar-refractivity contribution in [3.8, 4) is 0 Å². The van der Waals surface area contributed by atoms with Crippen molar-refractivity contribution in [2.45, 2.75) is 44.8 Å². The molecule has 2 heterocycles. The number of nitrogens with zero attached hydrogens (tertiary/aromatic N) is 3. The van der Waals surface area contributed by atoms with Gasteiger partial charge < -0.3 is 19.7 Å². The Morgan fingerprint density at radius 2 is 1.90 bits per heavy atom. The van der Waals surface area contributed by atoms with E-state index in [9.17, 15) is 0 Å². The minimum Gasteiger partial charge on any atom is -0.381 e. The summed E-state index contributed by atoms with van der Waals surface area (Å²) in [5, 5.41) is 3.52. The molecule has 1 atom stereocenters. The van der Waals surface area contributed by atoms with Crippen LogP contribution in [0, 0.1) is 0 Å². The Balaban J connectivity index is 1.37. The molecule has 0 amide bonds. The van der Waals surface area contributed by atoms with Gasteiger partial charge in [-0.2, -0.15) is 0 Å². The van der Waals surface area contributed by atoms with E-state index in [1.54, 1.807) is 0 Å². The highest BCUT2D eigenvalue weighted by molar-refractivity contribution is 5.79. The molecule has 162 valence electrons. The van der Waals surface area contributed by atoms with E-state index in [2.05, 4.69) is 57.4 Å². The third-order valence-corrected chi connectivity index (χ3v) is 5.96. The largest absolute Gasteiger partial charge is 0.381 e. The summed E-state index contributed by atoms with van der Waals surface area (Å²) in [5.41, 5.74) is 1.43. The molecule has 1 aromatic carbocycles. The fourth-order valence-corrected chi connectivity index (χ4v) is 4.32. The summed E-state index contributed by atoms with van der Waals surface area (Å²) in [4.78, 5) is 9.50. The summed E-state index contributed by atoms with van der Waals surface area (Å²) in [6.45, 7) is 9.84. The zero-order valence-corrected chi connectivity index (χ0v) is 18.2. The molecule has 2 fully saturated rings. The monoisotopic (exact) mass is 402 g/mol. The Morgan fingerprint density at radius 1 is 1.17 bits per heavy atom. The SMILES string of the molecule is CCC(c1ccccc1)N1CCN(C(=NC)NCCCOC2CCOCC2)CC1. The lowest BCUT2D eigenvalue weighted by atomic mass is 10.0. The summed E-state index contributed by atoms with van der Waals surface area (Å²) in [6.07, 6.45) is 4.58. The number of piperazine rings is 1. The van der Waals surface area contributed by atoms with E-state index >= 15 is 0 Å². The number of nitrogens with one attached hydrogen (secondary N) is 1. The van der Waals surface area contributed by atoms with E-state index in [1.807, 2.05) is 7.05 Å². The van der Waals surface area contributed by atoms with Crippen LogP contribution in [0.3, 0.4) is 0 Å². The first-order valence-corrected chi connectivity index (χ1v) is 11.3. The maximum absolute atomic E-state index is 5.96. The first-order valence-electron chi connectivity index (χ1n) is 11.3. The van der Waals surface area contributed by atoms with Gasteiger partial charge in [0.15, 0.2) is 5.96 Å². The molecule has 2 saturated heterocycles. The van der Waals surface area contributed by atoms with Gasteiger partial charge in [0.2, 0.25) is 0 Å². The smallest absolute Gasteiger partial charge is 0.193 e. The van der Waals surface area contributed by atoms with Gasteiger partial charge in [0.05, 0.1) is 6.10 Å². The molecule has 1 N–H and O–H groups in total. The van der Waals surface area contributed by atoms with Gasteiger partial charge in [-0.1, -0.05) is 37.3 Å². The fourth-order valence-electron chi connectivity index (χ4n) is 4.32. The normalized spacial score (nSPS) is 20.6. The predicted octanol–water partition coefficient (Wildman–Crippen LogP) is 2.92. The van der Waals surface area contributed by atoms with E-state index in [0.29, 0.717) is 12.1 Å². The number of ether oxygens (including phenoxy) is 2. The first-order chi connectivity index (χ1) is 14.3. The van der Waals surface area contributed by atoms with Crippen LogP contribution in [0.15, 0.2) is 35.3 Å². The highest BCUT2D eigenvalue weighted by Crippen LogP contribution is 2.25. The molecule has 0 bridgehead atoms. The first kappa shape index (κ1) is 22.1. The quantitative estimate of drug-likeness (QED) is 0.412. The third-order valence-electron chi connectivity index (χ3n) is 5.96. The molecule has 0 radical (unpaired) electrons. The molecule has 0 saturated carbocycles. The van der Waals surface area contributed by atoms with E-state index in [0.717, 1.165) is 84.2 Å². The van der Waals surface area contributed by atoms with Gasteiger partial charge >= 0.3 is 0 Å². The Kier molecular flexibility index (Phi) is 9.25. The lowest BCUT2D eigenvalue weighted by Gasteiger charge is -2.40. The highest BCUT2D eigenvalue weighted by Gasteiger charge is 2.25. The van der Waals surface area contributed by atoms with Crippen LogP contribution < -0.4 is 5.32 Å². The molecule has 6 heteroatoms. The second-order valence-corrected chi connectivity index (χ2v) is 7.87.